The Hall–Kier alpha value is -1.67. The molecule has 1 fully saturated rings. The standard InChI is InChI=1S/C12H13ClN4O/c1-8(2)12(7-14)4-6-17(10(12)18)9-3-5-15-11(13)16-9/h3,5,8H,4,6H2,1-2H3. The van der Waals surface area contributed by atoms with E-state index in [-0.39, 0.29) is 17.1 Å². The number of aromatic nitrogens is 2. The maximum absolute atomic E-state index is 12.4. The van der Waals surface area contributed by atoms with E-state index in [1.54, 1.807) is 6.07 Å². The van der Waals surface area contributed by atoms with Crippen molar-refractivity contribution < 1.29 is 4.79 Å². The Labute approximate surface area is 110 Å². The van der Waals surface area contributed by atoms with Crippen molar-refractivity contribution in [3.8, 4) is 6.07 Å². The van der Waals surface area contributed by atoms with Gasteiger partial charge in [0.05, 0.1) is 6.07 Å². The van der Waals surface area contributed by atoms with Gasteiger partial charge in [-0.15, -0.1) is 0 Å². The molecule has 6 heteroatoms. The number of carbonyl (C=O) groups is 1. The zero-order valence-electron chi connectivity index (χ0n) is 10.2. The lowest BCUT2D eigenvalue weighted by Gasteiger charge is -2.23. The molecule has 5 nitrogen and oxygen atoms in total. The summed E-state index contributed by atoms with van der Waals surface area (Å²) in [6.07, 6.45) is 2.02. The maximum atomic E-state index is 12.4. The molecule has 18 heavy (non-hydrogen) atoms. The second kappa shape index (κ2) is 4.54. The van der Waals surface area contributed by atoms with Crippen molar-refractivity contribution in [1.29, 1.82) is 5.26 Å². The lowest BCUT2D eigenvalue weighted by Crippen LogP contribution is -2.37. The van der Waals surface area contributed by atoms with Gasteiger partial charge < -0.3 is 0 Å². The second-order valence-electron chi connectivity index (χ2n) is 4.63. The molecule has 1 atom stereocenters. The lowest BCUT2D eigenvalue weighted by atomic mass is 9.77. The number of halogens is 1. The van der Waals surface area contributed by atoms with Crippen LogP contribution in [0.15, 0.2) is 12.3 Å². The third kappa shape index (κ3) is 1.83. The van der Waals surface area contributed by atoms with Crippen LogP contribution in [0, 0.1) is 22.7 Å². The number of carbonyl (C=O) groups excluding carboxylic acids is 1. The van der Waals surface area contributed by atoms with Crippen LogP contribution in [0.5, 0.6) is 0 Å². The van der Waals surface area contributed by atoms with Gasteiger partial charge >= 0.3 is 0 Å². The smallest absolute Gasteiger partial charge is 0.248 e. The monoisotopic (exact) mass is 264 g/mol. The fraction of sp³-hybridized carbons (Fsp3) is 0.500. The number of nitriles is 1. The number of amides is 1. The van der Waals surface area contributed by atoms with Crippen molar-refractivity contribution in [2.75, 3.05) is 11.4 Å². The van der Waals surface area contributed by atoms with E-state index in [2.05, 4.69) is 16.0 Å². The highest BCUT2D eigenvalue weighted by molar-refractivity contribution is 6.28. The van der Waals surface area contributed by atoms with Gasteiger partial charge in [0, 0.05) is 12.7 Å². The third-order valence-electron chi connectivity index (χ3n) is 3.43. The lowest BCUT2D eigenvalue weighted by molar-refractivity contribution is -0.124. The maximum Gasteiger partial charge on any atom is 0.248 e. The van der Waals surface area contributed by atoms with E-state index < -0.39 is 5.41 Å². The molecule has 0 bridgehead atoms. The molecular formula is C12H13ClN4O. The van der Waals surface area contributed by atoms with Crippen LogP contribution in [0.3, 0.4) is 0 Å². The van der Waals surface area contributed by atoms with Crippen molar-refractivity contribution in [1.82, 2.24) is 9.97 Å². The molecule has 1 amide bonds. The molecule has 1 saturated heterocycles. The fourth-order valence-electron chi connectivity index (χ4n) is 2.20. The summed E-state index contributed by atoms with van der Waals surface area (Å²) in [4.78, 5) is 21.7. The van der Waals surface area contributed by atoms with Crippen molar-refractivity contribution in [3.05, 3.63) is 17.5 Å². The minimum atomic E-state index is -0.947. The SMILES string of the molecule is CC(C)C1(C#N)CCN(c2ccnc(Cl)n2)C1=O. The first-order valence-electron chi connectivity index (χ1n) is 5.73. The van der Waals surface area contributed by atoms with Crippen LogP contribution in [0.2, 0.25) is 5.28 Å². The predicted molar refractivity (Wildman–Crippen MR) is 66.9 cm³/mol. The van der Waals surface area contributed by atoms with E-state index in [1.165, 1.54) is 11.1 Å². The van der Waals surface area contributed by atoms with Crippen molar-refractivity contribution in [2.45, 2.75) is 20.3 Å². The number of anilines is 1. The molecule has 1 aromatic rings. The fourth-order valence-corrected chi connectivity index (χ4v) is 2.34. The summed E-state index contributed by atoms with van der Waals surface area (Å²) in [5.74, 6) is 0.227. The van der Waals surface area contributed by atoms with Crippen molar-refractivity contribution in [2.24, 2.45) is 11.3 Å². The van der Waals surface area contributed by atoms with Gasteiger partial charge in [-0.2, -0.15) is 5.26 Å². The molecule has 94 valence electrons. The molecule has 2 rings (SSSR count). The molecule has 0 radical (unpaired) electrons. The minimum absolute atomic E-state index is 0.0303. The van der Waals surface area contributed by atoms with Crippen LogP contribution < -0.4 is 4.90 Å². The second-order valence-corrected chi connectivity index (χ2v) is 4.97. The topological polar surface area (TPSA) is 69.9 Å². The highest BCUT2D eigenvalue weighted by atomic mass is 35.5. The van der Waals surface area contributed by atoms with Gasteiger partial charge in [0.1, 0.15) is 11.2 Å². The number of hydrogen-bond acceptors (Lipinski definition) is 4. The first kappa shape index (κ1) is 12.8. The molecule has 1 aliphatic heterocycles. The summed E-state index contributed by atoms with van der Waals surface area (Å²) in [5.41, 5.74) is -0.947. The van der Waals surface area contributed by atoms with Crippen molar-refractivity contribution >= 4 is 23.3 Å². The Balaban J connectivity index is 2.36. The van der Waals surface area contributed by atoms with Crippen LogP contribution in [0.4, 0.5) is 5.82 Å². The average molecular weight is 265 g/mol. The van der Waals surface area contributed by atoms with Crippen LogP contribution in [0.1, 0.15) is 20.3 Å². The zero-order valence-corrected chi connectivity index (χ0v) is 11.0. The summed E-state index contributed by atoms with van der Waals surface area (Å²) in [5, 5.41) is 9.42. The molecular weight excluding hydrogens is 252 g/mol. The highest BCUT2D eigenvalue weighted by Crippen LogP contribution is 2.39. The van der Waals surface area contributed by atoms with E-state index >= 15 is 0 Å². The summed E-state index contributed by atoms with van der Waals surface area (Å²) in [6.45, 7) is 4.26. The van der Waals surface area contributed by atoms with Gasteiger partial charge in [0.15, 0.2) is 0 Å². The summed E-state index contributed by atoms with van der Waals surface area (Å²) in [7, 11) is 0. The molecule has 1 aliphatic rings. The van der Waals surface area contributed by atoms with E-state index in [4.69, 9.17) is 11.6 Å². The van der Waals surface area contributed by atoms with Crippen molar-refractivity contribution in [3.63, 3.8) is 0 Å². The van der Waals surface area contributed by atoms with Crippen LogP contribution >= 0.6 is 11.6 Å². The van der Waals surface area contributed by atoms with E-state index in [0.717, 1.165) is 0 Å². The first-order valence-corrected chi connectivity index (χ1v) is 6.11. The summed E-state index contributed by atoms with van der Waals surface area (Å²) < 4.78 is 0. The number of nitrogens with zero attached hydrogens (tertiary/aromatic N) is 4. The molecule has 1 aromatic heterocycles. The van der Waals surface area contributed by atoms with Gasteiger partial charge in [0.25, 0.3) is 0 Å². The quantitative estimate of drug-likeness (QED) is 0.767. The number of rotatable bonds is 2. The normalized spacial score (nSPS) is 23.5. The van der Waals surface area contributed by atoms with Gasteiger partial charge in [-0.25, -0.2) is 9.97 Å². The summed E-state index contributed by atoms with van der Waals surface area (Å²) in [6, 6.07) is 3.80. The Kier molecular flexibility index (Phi) is 3.22. The van der Waals surface area contributed by atoms with Crippen LogP contribution in [-0.4, -0.2) is 22.4 Å². The Morgan fingerprint density at radius 2 is 2.33 bits per heavy atom. The Bertz CT molecular complexity index is 525. The average Bonchev–Trinajstić information content (AvgIpc) is 2.67. The molecule has 2 heterocycles. The Morgan fingerprint density at radius 1 is 1.61 bits per heavy atom. The first-order chi connectivity index (χ1) is 8.51. The minimum Gasteiger partial charge on any atom is -0.295 e. The molecule has 0 aromatic carbocycles. The predicted octanol–water partition coefficient (Wildman–Crippen LogP) is 2.03. The molecule has 1 unspecified atom stereocenters. The Morgan fingerprint density at radius 3 is 2.83 bits per heavy atom. The number of hydrogen-bond donors (Lipinski definition) is 0. The molecule has 0 aliphatic carbocycles. The third-order valence-corrected chi connectivity index (χ3v) is 3.61. The van der Waals surface area contributed by atoms with E-state index in [9.17, 15) is 10.1 Å². The van der Waals surface area contributed by atoms with Gasteiger partial charge in [0.2, 0.25) is 11.2 Å². The van der Waals surface area contributed by atoms with Gasteiger partial charge in [-0.05, 0) is 30.0 Å². The highest BCUT2D eigenvalue weighted by Gasteiger charge is 2.50. The van der Waals surface area contributed by atoms with Gasteiger partial charge in [-0.3, -0.25) is 9.69 Å². The van der Waals surface area contributed by atoms with E-state index in [1.807, 2.05) is 13.8 Å². The molecule has 0 N–H and O–H groups in total. The molecule has 0 spiro atoms. The zero-order chi connectivity index (χ0) is 13.3. The van der Waals surface area contributed by atoms with Crippen LogP contribution in [0.25, 0.3) is 0 Å². The van der Waals surface area contributed by atoms with Crippen LogP contribution in [-0.2, 0) is 4.79 Å². The molecule has 0 saturated carbocycles. The van der Waals surface area contributed by atoms with Gasteiger partial charge in [-0.1, -0.05) is 13.8 Å². The summed E-state index contributed by atoms with van der Waals surface area (Å²) >= 11 is 5.71. The van der Waals surface area contributed by atoms with E-state index in [0.29, 0.717) is 18.8 Å². The largest absolute Gasteiger partial charge is 0.295 e.